The molecule has 0 aliphatic carbocycles. The summed E-state index contributed by atoms with van der Waals surface area (Å²) in [5, 5.41) is 12.9. The number of benzene rings is 3. The fourth-order valence-corrected chi connectivity index (χ4v) is 2.53. The van der Waals surface area contributed by atoms with E-state index in [-0.39, 0.29) is 11.5 Å². The average Bonchev–Trinajstić information content (AvgIpc) is 2.54. The molecule has 0 aliphatic rings. The van der Waals surface area contributed by atoms with E-state index >= 15 is 0 Å². The van der Waals surface area contributed by atoms with Crippen LogP contribution in [0.3, 0.4) is 0 Å². The molecule has 22 heavy (non-hydrogen) atoms. The van der Waals surface area contributed by atoms with Gasteiger partial charge in [-0.3, -0.25) is 14.9 Å². The van der Waals surface area contributed by atoms with Crippen molar-refractivity contribution in [2.75, 3.05) is 0 Å². The third-order valence-corrected chi connectivity index (χ3v) is 3.70. The van der Waals surface area contributed by atoms with Crippen molar-refractivity contribution in [1.29, 1.82) is 0 Å². The molecule has 4 heteroatoms. The second-order valence-corrected chi connectivity index (χ2v) is 5.11. The molecule has 0 atom stereocenters. The van der Waals surface area contributed by atoms with E-state index in [1.54, 1.807) is 25.1 Å². The maximum Gasteiger partial charge on any atom is 0.273 e. The van der Waals surface area contributed by atoms with Crippen molar-refractivity contribution in [2.45, 2.75) is 6.92 Å². The Labute approximate surface area is 127 Å². The van der Waals surface area contributed by atoms with Crippen molar-refractivity contribution in [3.63, 3.8) is 0 Å². The molecule has 0 spiro atoms. The van der Waals surface area contributed by atoms with Crippen molar-refractivity contribution in [2.24, 2.45) is 0 Å². The Kier molecular flexibility index (Phi) is 3.43. The normalized spacial score (nSPS) is 10.6. The van der Waals surface area contributed by atoms with Gasteiger partial charge in [0, 0.05) is 22.8 Å². The number of carbonyl (C=O) groups is 1. The fourth-order valence-electron chi connectivity index (χ4n) is 2.53. The molecular weight excluding hydrogens is 278 g/mol. The van der Waals surface area contributed by atoms with Gasteiger partial charge in [0.05, 0.1) is 4.92 Å². The number of hydrogen-bond acceptors (Lipinski definition) is 3. The molecule has 0 aromatic heterocycles. The molecule has 0 saturated carbocycles. The molecule has 0 radical (unpaired) electrons. The van der Waals surface area contributed by atoms with E-state index in [0.29, 0.717) is 16.7 Å². The van der Waals surface area contributed by atoms with Crippen molar-refractivity contribution in [3.8, 4) is 0 Å². The van der Waals surface area contributed by atoms with E-state index in [1.807, 2.05) is 36.4 Å². The number of nitrogens with zero attached hydrogens (tertiary/aromatic N) is 1. The van der Waals surface area contributed by atoms with Crippen molar-refractivity contribution in [3.05, 3.63) is 87.5 Å². The standard InChI is InChI=1S/C18H13NO3/c1-12-9-10-14(11-17(12)19(21)22)18(20)16-8-4-6-13-5-2-3-7-15(13)16/h2-11H,1H3. The highest BCUT2D eigenvalue weighted by molar-refractivity contribution is 6.16. The van der Waals surface area contributed by atoms with E-state index in [1.165, 1.54) is 6.07 Å². The third kappa shape index (κ3) is 2.35. The molecule has 0 amide bonds. The fraction of sp³-hybridized carbons (Fsp3) is 0.0556. The summed E-state index contributed by atoms with van der Waals surface area (Å²) >= 11 is 0. The highest BCUT2D eigenvalue weighted by Crippen LogP contribution is 2.24. The Hall–Kier alpha value is -3.01. The number of ketones is 1. The van der Waals surface area contributed by atoms with E-state index in [2.05, 4.69) is 0 Å². The van der Waals surface area contributed by atoms with Crippen LogP contribution in [0.1, 0.15) is 21.5 Å². The molecule has 108 valence electrons. The average molecular weight is 291 g/mol. The topological polar surface area (TPSA) is 60.2 Å². The maximum atomic E-state index is 12.7. The number of nitro benzene ring substituents is 1. The first kappa shape index (κ1) is 13.9. The summed E-state index contributed by atoms with van der Waals surface area (Å²) in [7, 11) is 0. The van der Waals surface area contributed by atoms with Crippen LogP contribution in [0.25, 0.3) is 10.8 Å². The Morgan fingerprint density at radius 3 is 2.50 bits per heavy atom. The van der Waals surface area contributed by atoms with Gasteiger partial charge in [-0.1, -0.05) is 54.6 Å². The van der Waals surface area contributed by atoms with Crippen LogP contribution in [0, 0.1) is 17.0 Å². The number of hydrogen-bond donors (Lipinski definition) is 0. The first-order valence-corrected chi connectivity index (χ1v) is 6.85. The van der Waals surface area contributed by atoms with Crippen molar-refractivity contribution in [1.82, 2.24) is 0 Å². The van der Waals surface area contributed by atoms with Gasteiger partial charge in [0.25, 0.3) is 5.69 Å². The molecule has 3 aromatic rings. The zero-order valence-electron chi connectivity index (χ0n) is 11.9. The molecule has 3 aromatic carbocycles. The molecule has 0 saturated heterocycles. The van der Waals surface area contributed by atoms with Gasteiger partial charge in [-0.25, -0.2) is 0 Å². The second kappa shape index (κ2) is 5.41. The predicted molar refractivity (Wildman–Crippen MR) is 85.2 cm³/mol. The third-order valence-electron chi connectivity index (χ3n) is 3.70. The number of rotatable bonds is 3. The van der Waals surface area contributed by atoms with Gasteiger partial charge in [-0.15, -0.1) is 0 Å². The second-order valence-electron chi connectivity index (χ2n) is 5.11. The molecule has 0 heterocycles. The summed E-state index contributed by atoms with van der Waals surface area (Å²) in [5.74, 6) is -0.208. The Bertz CT molecular complexity index is 894. The molecule has 0 unspecified atom stereocenters. The summed E-state index contributed by atoms with van der Waals surface area (Å²) in [6, 6.07) is 17.7. The summed E-state index contributed by atoms with van der Waals surface area (Å²) in [4.78, 5) is 23.3. The minimum absolute atomic E-state index is 0.0360. The van der Waals surface area contributed by atoms with Crippen molar-refractivity contribution < 1.29 is 9.72 Å². The highest BCUT2D eigenvalue weighted by Gasteiger charge is 2.17. The lowest BCUT2D eigenvalue weighted by atomic mass is 9.96. The summed E-state index contributed by atoms with van der Waals surface area (Å²) < 4.78 is 0. The smallest absolute Gasteiger partial charge is 0.273 e. The number of nitro groups is 1. The van der Waals surface area contributed by atoms with Crippen LogP contribution in [0.15, 0.2) is 60.7 Å². The molecule has 0 fully saturated rings. The molecule has 0 N–H and O–H groups in total. The molecule has 3 rings (SSSR count). The number of aryl methyl sites for hydroxylation is 1. The van der Waals surface area contributed by atoms with Crippen LogP contribution in [0.4, 0.5) is 5.69 Å². The summed E-state index contributed by atoms with van der Waals surface area (Å²) in [6.45, 7) is 1.66. The molecule has 4 nitrogen and oxygen atoms in total. The lowest BCUT2D eigenvalue weighted by Gasteiger charge is -2.06. The van der Waals surface area contributed by atoms with Gasteiger partial charge < -0.3 is 0 Å². The Balaban J connectivity index is 2.14. The maximum absolute atomic E-state index is 12.7. The van der Waals surface area contributed by atoms with Crippen LogP contribution in [-0.2, 0) is 0 Å². The van der Waals surface area contributed by atoms with E-state index in [0.717, 1.165) is 10.8 Å². The molecular formula is C18H13NO3. The van der Waals surface area contributed by atoms with Gasteiger partial charge in [0.15, 0.2) is 5.78 Å². The minimum atomic E-state index is -0.463. The zero-order valence-corrected chi connectivity index (χ0v) is 11.9. The highest BCUT2D eigenvalue weighted by atomic mass is 16.6. The Morgan fingerprint density at radius 1 is 1.00 bits per heavy atom. The van der Waals surface area contributed by atoms with Crippen LogP contribution < -0.4 is 0 Å². The van der Waals surface area contributed by atoms with Crippen LogP contribution in [0.5, 0.6) is 0 Å². The monoisotopic (exact) mass is 291 g/mol. The quantitative estimate of drug-likeness (QED) is 0.411. The molecule has 0 bridgehead atoms. The first-order valence-electron chi connectivity index (χ1n) is 6.85. The van der Waals surface area contributed by atoms with Crippen LogP contribution in [0.2, 0.25) is 0 Å². The van der Waals surface area contributed by atoms with Gasteiger partial charge in [-0.2, -0.15) is 0 Å². The summed E-state index contributed by atoms with van der Waals surface area (Å²) in [6.07, 6.45) is 0. The Morgan fingerprint density at radius 2 is 1.73 bits per heavy atom. The van der Waals surface area contributed by atoms with E-state index in [4.69, 9.17) is 0 Å². The van der Waals surface area contributed by atoms with Crippen LogP contribution >= 0.6 is 0 Å². The van der Waals surface area contributed by atoms with E-state index < -0.39 is 4.92 Å². The predicted octanol–water partition coefficient (Wildman–Crippen LogP) is 4.29. The minimum Gasteiger partial charge on any atom is -0.289 e. The van der Waals surface area contributed by atoms with Crippen LogP contribution in [-0.4, -0.2) is 10.7 Å². The number of fused-ring (bicyclic) bond motifs is 1. The molecule has 0 aliphatic heterocycles. The van der Waals surface area contributed by atoms with E-state index in [9.17, 15) is 14.9 Å². The largest absolute Gasteiger partial charge is 0.289 e. The van der Waals surface area contributed by atoms with Gasteiger partial charge >= 0.3 is 0 Å². The first-order chi connectivity index (χ1) is 10.6. The van der Waals surface area contributed by atoms with Crippen molar-refractivity contribution >= 4 is 22.2 Å². The summed E-state index contributed by atoms with van der Waals surface area (Å²) in [5.41, 5.74) is 1.38. The SMILES string of the molecule is Cc1ccc(C(=O)c2cccc3ccccc23)cc1[N+](=O)[O-]. The van der Waals surface area contributed by atoms with Gasteiger partial charge in [0.2, 0.25) is 0 Å². The lowest BCUT2D eigenvalue weighted by molar-refractivity contribution is -0.385. The number of carbonyl (C=O) groups excluding carboxylic acids is 1. The zero-order chi connectivity index (χ0) is 15.7. The van der Waals surface area contributed by atoms with Gasteiger partial charge in [-0.05, 0) is 17.7 Å². The van der Waals surface area contributed by atoms with Gasteiger partial charge in [0.1, 0.15) is 0 Å². The lowest BCUT2D eigenvalue weighted by Crippen LogP contribution is -2.04.